The van der Waals surface area contributed by atoms with Gasteiger partial charge in [0.2, 0.25) is 0 Å². The minimum absolute atomic E-state index is 0. The molecule has 0 aromatic rings. The SMILES string of the molecule is C[Si](C)(C)N[Si](C)(C)C.C[Si](C)(C)N[Si](C)(C)C.[H-].[Li+]. The van der Waals surface area contributed by atoms with Crippen LogP contribution in [0, 0.1) is 0 Å². The fourth-order valence-corrected chi connectivity index (χ4v) is 20.2. The molecule has 0 aromatic heterocycles. The Morgan fingerprint density at radius 2 is 0.526 bits per heavy atom. The van der Waals surface area contributed by atoms with E-state index < -0.39 is 32.9 Å². The van der Waals surface area contributed by atoms with Gasteiger partial charge in [-0.3, -0.25) is 0 Å². The quantitative estimate of drug-likeness (QED) is 0.765. The van der Waals surface area contributed by atoms with E-state index in [0.29, 0.717) is 0 Å². The smallest absolute Gasteiger partial charge is 1.00 e. The first-order chi connectivity index (χ1) is 7.41. The van der Waals surface area contributed by atoms with Crippen LogP contribution < -0.4 is 28.2 Å². The molecule has 0 amide bonds. The van der Waals surface area contributed by atoms with Crippen molar-refractivity contribution in [2.24, 2.45) is 0 Å². The second kappa shape index (κ2) is 8.74. The largest absolute Gasteiger partial charge is 1.00 e. The third kappa shape index (κ3) is 32.7. The minimum atomic E-state index is -0.981. The Hall–Kier alpha value is 1.38. The molecule has 0 bridgehead atoms. The molecule has 0 atom stereocenters. The number of nitrogens with one attached hydrogen (secondary N) is 2. The average Bonchev–Trinajstić information content (AvgIpc) is 1.64. The zero-order valence-corrected chi connectivity index (χ0v) is 20.0. The summed E-state index contributed by atoms with van der Waals surface area (Å²) in [6.45, 7) is 28.2. The maximum Gasteiger partial charge on any atom is 1.00 e. The van der Waals surface area contributed by atoms with Crippen molar-refractivity contribution in [3.8, 4) is 0 Å². The Labute approximate surface area is 140 Å². The molecule has 2 N–H and O–H groups in total. The zero-order chi connectivity index (χ0) is 15.4. The summed E-state index contributed by atoms with van der Waals surface area (Å²) >= 11 is 0. The van der Waals surface area contributed by atoms with E-state index in [2.05, 4.69) is 87.9 Å². The van der Waals surface area contributed by atoms with E-state index in [1.54, 1.807) is 0 Å². The van der Waals surface area contributed by atoms with Crippen LogP contribution in [0.1, 0.15) is 1.43 Å². The molecule has 0 spiro atoms. The molecule has 0 unspecified atom stereocenters. The Morgan fingerprint density at radius 3 is 0.526 bits per heavy atom. The second-order valence-electron chi connectivity index (χ2n) is 9.25. The fourth-order valence-electron chi connectivity index (χ4n) is 2.25. The topological polar surface area (TPSA) is 24.1 Å². The van der Waals surface area contributed by atoms with Crippen LogP contribution in [0.15, 0.2) is 0 Å². The van der Waals surface area contributed by atoms with Crippen molar-refractivity contribution in [1.82, 2.24) is 9.30 Å². The van der Waals surface area contributed by atoms with E-state index in [1.165, 1.54) is 0 Å². The summed E-state index contributed by atoms with van der Waals surface area (Å²) in [7, 11) is -3.92. The third-order valence-electron chi connectivity index (χ3n) is 1.50. The molecule has 0 rings (SSSR count). The first-order valence-corrected chi connectivity index (χ1v) is 21.0. The normalized spacial score (nSPS) is 13.3. The maximum absolute atomic E-state index is 3.74. The Balaban J connectivity index is -0.000000116. The van der Waals surface area contributed by atoms with Gasteiger partial charge in [0.15, 0.2) is 0 Å². The molecular formula is C12H39LiN2Si4. The van der Waals surface area contributed by atoms with Crippen LogP contribution in [-0.2, 0) is 0 Å². The Morgan fingerprint density at radius 1 is 0.421 bits per heavy atom. The summed E-state index contributed by atoms with van der Waals surface area (Å²) in [5.41, 5.74) is 0. The van der Waals surface area contributed by atoms with Gasteiger partial charge in [-0.2, -0.15) is 0 Å². The van der Waals surface area contributed by atoms with Crippen LogP contribution >= 0.6 is 0 Å². The summed E-state index contributed by atoms with van der Waals surface area (Å²) in [5, 5.41) is 0. The van der Waals surface area contributed by atoms with Crippen LogP contribution in [0.5, 0.6) is 0 Å². The van der Waals surface area contributed by atoms with Gasteiger partial charge in [0, 0.05) is 0 Å². The van der Waals surface area contributed by atoms with E-state index >= 15 is 0 Å². The molecule has 0 heterocycles. The van der Waals surface area contributed by atoms with Gasteiger partial charge in [-0.1, -0.05) is 78.6 Å². The van der Waals surface area contributed by atoms with Crippen molar-refractivity contribution >= 4 is 32.9 Å². The summed E-state index contributed by atoms with van der Waals surface area (Å²) in [5.74, 6) is 0. The molecule has 0 saturated heterocycles. The molecule has 0 aromatic carbocycles. The predicted molar refractivity (Wildman–Crippen MR) is 101 cm³/mol. The van der Waals surface area contributed by atoms with Crippen molar-refractivity contribution in [1.29, 1.82) is 0 Å². The van der Waals surface area contributed by atoms with Gasteiger partial charge < -0.3 is 10.7 Å². The molecule has 0 aliphatic rings. The van der Waals surface area contributed by atoms with E-state index in [0.717, 1.165) is 0 Å². The number of rotatable bonds is 4. The fraction of sp³-hybridized carbons (Fsp3) is 1.00. The first kappa shape index (κ1) is 25.3. The van der Waals surface area contributed by atoms with Crippen LogP contribution in [0.3, 0.4) is 0 Å². The second-order valence-corrected chi connectivity index (χ2v) is 29.2. The van der Waals surface area contributed by atoms with Crippen molar-refractivity contribution in [2.45, 2.75) is 78.6 Å². The van der Waals surface area contributed by atoms with Crippen LogP contribution in [-0.4, -0.2) is 32.9 Å². The van der Waals surface area contributed by atoms with Crippen LogP contribution in [0.4, 0.5) is 0 Å². The van der Waals surface area contributed by atoms with Gasteiger partial charge in [0.1, 0.15) is 32.9 Å². The molecule has 0 saturated carbocycles. The molecule has 0 radical (unpaired) electrons. The van der Waals surface area contributed by atoms with Crippen LogP contribution in [0.25, 0.3) is 0 Å². The van der Waals surface area contributed by atoms with Gasteiger partial charge in [-0.15, -0.1) is 0 Å². The van der Waals surface area contributed by atoms with Gasteiger partial charge in [0.05, 0.1) is 0 Å². The summed E-state index contributed by atoms with van der Waals surface area (Å²) < 4.78 is 7.47. The summed E-state index contributed by atoms with van der Waals surface area (Å²) in [6.07, 6.45) is 0. The van der Waals surface area contributed by atoms with Crippen molar-refractivity contribution in [3.05, 3.63) is 0 Å². The molecule has 114 valence electrons. The van der Waals surface area contributed by atoms with Crippen LogP contribution in [0.2, 0.25) is 78.6 Å². The molecule has 7 heteroatoms. The average molecular weight is 331 g/mol. The third-order valence-corrected chi connectivity index (χ3v) is 13.5. The standard InChI is InChI=1S/2C6H19NSi2.Li.H/c2*1-8(2,3)7-9(4,5)6;;/h2*7H,1-6H3;;/q;;+1;-1. The monoisotopic (exact) mass is 330 g/mol. The zero-order valence-electron chi connectivity index (χ0n) is 17.0. The summed E-state index contributed by atoms with van der Waals surface area (Å²) in [6, 6.07) is 0. The van der Waals surface area contributed by atoms with E-state index in [1.807, 2.05) is 0 Å². The molecular weight excluding hydrogens is 291 g/mol. The Bertz CT molecular complexity index is 190. The molecule has 19 heavy (non-hydrogen) atoms. The van der Waals surface area contributed by atoms with Gasteiger partial charge in [-0.05, 0) is 0 Å². The maximum atomic E-state index is 3.74. The van der Waals surface area contributed by atoms with Gasteiger partial charge >= 0.3 is 18.9 Å². The number of hydrogen-bond donors (Lipinski definition) is 2. The molecule has 2 nitrogen and oxygen atoms in total. The van der Waals surface area contributed by atoms with Crippen molar-refractivity contribution < 1.29 is 20.3 Å². The van der Waals surface area contributed by atoms with E-state index in [-0.39, 0.29) is 20.3 Å². The van der Waals surface area contributed by atoms with Crippen molar-refractivity contribution in [3.63, 3.8) is 0 Å². The summed E-state index contributed by atoms with van der Waals surface area (Å²) in [4.78, 5) is 0. The van der Waals surface area contributed by atoms with Crippen molar-refractivity contribution in [2.75, 3.05) is 0 Å². The molecule has 0 aliphatic carbocycles. The van der Waals surface area contributed by atoms with Gasteiger partial charge in [-0.25, -0.2) is 0 Å². The Kier molecular flexibility index (Phi) is 11.7. The van der Waals surface area contributed by atoms with E-state index in [9.17, 15) is 0 Å². The van der Waals surface area contributed by atoms with E-state index in [4.69, 9.17) is 0 Å². The van der Waals surface area contributed by atoms with Gasteiger partial charge in [0.25, 0.3) is 0 Å². The first-order valence-electron chi connectivity index (χ1n) is 7.00. The molecule has 0 fully saturated rings. The molecule has 0 aliphatic heterocycles. The predicted octanol–water partition coefficient (Wildman–Crippen LogP) is 1.61. The minimum Gasteiger partial charge on any atom is -1.00 e. The number of hydrogen-bond acceptors (Lipinski definition) is 2.